The van der Waals surface area contributed by atoms with Crippen LogP contribution in [0.5, 0.6) is 0 Å². The van der Waals surface area contributed by atoms with Gasteiger partial charge in [-0.2, -0.15) is 0 Å². The van der Waals surface area contributed by atoms with Crippen LogP contribution in [0.1, 0.15) is 29.8 Å². The zero-order valence-electron chi connectivity index (χ0n) is 10.7. The van der Waals surface area contributed by atoms with Crippen LogP contribution in [0.2, 0.25) is 0 Å². The van der Waals surface area contributed by atoms with Crippen LogP contribution in [-0.2, 0) is 9.53 Å². The molecule has 0 fully saturated rings. The lowest BCUT2D eigenvalue weighted by Crippen LogP contribution is -2.30. The average Bonchev–Trinajstić information content (AvgIpc) is 2.29. The monoisotopic (exact) mass is 251 g/mol. The third-order valence-electron chi connectivity index (χ3n) is 2.62. The second kappa shape index (κ2) is 5.08. The Morgan fingerprint density at radius 3 is 2.56 bits per heavy atom. The summed E-state index contributed by atoms with van der Waals surface area (Å²) < 4.78 is 5.01. The van der Waals surface area contributed by atoms with E-state index in [0.717, 1.165) is 5.56 Å². The molecule has 0 bridgehead atoms. The van der Waals surface area contributed by atoms with E-state index in [4.69, 9.17) is 15.6 Å². The number of carboxylic acid groups (broad SMARTS) is 1. The number of carbonyl (C=O) groups excluding carboxylic acids is 1. The summed E-state index contributed by atoms with van der Waals surface area (Å²) in [5, 5.41) is 8.91. The van der Waals surface area contributed by atoms with Crippen LogP contribution in [0.15, 0.2) is 18.2 Å². The van der Waals surface area contributed by atoms with Gasteiger partial charge in [0.2, 0.25) is 0 Å². The van der Waals surface area contributed by atoms with Crippen molar-refractivity contribution in [3.05, 3.63) is 29.3 Å². The minimum Gasteiger partial charge on any atom is -0.481 e. The number of aliphatic carboxylic acids is 1. The van der Waals surface area contributed by atoms with Gasteiger partial charge in [-0.1, -0.05) is 6.07 Å². The van der Waals surface area contributed by atoms with Crippen LogP contribution in [-0.4, -0.2) is 23.7 Å². The number of hydrogen-bond acceptors (Lipinski definition) is 4. The second-order valence-electron chi connectivity index (χ2n) is 4.84. The Bertz CT molecular complexity index is 480. The van der Waals surface area contributed by atoms with E-state index in [1.807, 2.05) is 0 Å². The van der Waals surface area contributed by atoms with Gasteiger partial charge >= 0.3 is 11.9 Å². The molecule has 0 radical (unpaired) electrons. The Hall–Kier alpha value is -2.04. The number of esters is 1. The standard InChI is InChI=1S/C13H17NO4/c1-8-4-5-9(14)6-10(8)11(15)18-7-13(2,3)12(16)17/h4-6H,7,14H2,1-3H3,(H,16,17). The van der Waals surface area contributed by atoms with Gasteiger partial charge in [0.1, 0.15) is 6.61 Å². The molecule has 5 nitrogen and oxygen atoms in total. The van der Waals surface area contributed by atoms with Gasteiger partial charge in [0.15, 0.2) is 0 Å². The minimum atomic E-state index is -1.11. The van der Waals surface area contributed by atoms with Gasteiger partial charge in [-0.05, 0) is 38.5 Å². The lowest BCUT2D eigenvalue weighted by atomic mass is 9.95. The molecule has 0 aliphatic rings. The first-order chi connectivity index (χ1) is 8.24. The van der Waals surface area contributed by atoms with Crippen molar-refractivity contribution in [2.24, 2.45) is 5.41 Å². The molecule has 1 aromatic carbocycles. The lowest BCUT2D eigenvalue weighted by molar-refractivity contribution is -0.149. The van der Waals surface area contributed by atoms with Crippen molar-refractivity contribution in [2.75, 3.05) is 12.3 Å². The second-order valence-corrected chi connectivity index (χ2v) is 4.84. The fraction of sp³-hybridized carbons (Fsp3) is 0.385. The first-order valence-corrected chi connectivity index (χ1v) is 5.50. The van der Waals surface area contributed by atoms with Gasteiger partial charge in [-0.25, -0.2) is 4.79 Å². The van der Waals surface area contributed by atoms with Crippen molar-refractivity contribution in [3.63, 3.8) is 0 Å². The first-order valence-electron chi connectivity index (χ1n) is 5.50. The van der Waals surface area contributed by atoms with Gasteiger partial charge in [0.05, 0.1) is 11.0 Å². The number of hydrogen-bond donors (Lipinski definition) is 2. The summed E-state index contributed by atoms with van der Waals surface area (Å²) in [4.78, 5) is 22.7. The average molecular weight is 251 g/mol. The predicted octanol–water partition coefficient (Wildman–Crippen LogP) is 1.84. The van der Waals surface area contributed by atoms with Crippen molar-refractivity contribution < 1.29 is 19.4 Å². The highest BCUT2D eigenvalue weighted by Crippen LogP contribution is 2.18. The van der Waals surface area contributed by atoms with Gasteiger partial charge in [-0.3, -0.25) is 4.79 Å². The molecular weight excluding hydrogens is 234 g/mol. The number of carboxylic acids is 1. The Morgan fingerprint density at radius 2 is 2.00 bits per heavy atom. The van der Waals surface area contributed by atoms with E-state index in [9.17, 15) is 9.59 Å². The van der Waals surface area contributed by atoms with Crippen LogP contribution < -0.4 is 5.73 Å². The number of carbonyl (C=O) groups is 2. The first kappa shape index (κ1) is 14.0. The zero-order valence-corrected chi connectivity index (χ0v) is 10.7. The number of nitrogens with two attached hydrogens (primary N) is 1. The summed E-state index contributed by atoms with van der Waals surface area (Å²) in [5.74, 6) is -1.58. The number of aryl methyl sites for hydroxylation is 1. The van der Waals surface area contributed by atoms with Crippen molar-refractivity contribution in [1.82, 2.24) is 0 Å². The van der Waals surface area contributed by atoms with Crippen LogP contribution >= 0.6 is 0 Å². The predicted molar refractivity (Wildman–Crippen MR) is 67.3 cm³/mol. The molecule has 0 atom stereocenters. The molecule has 0 aliphatic heterocycles. The SMILES string of the molecule is Cc1ccc(N)cc1C(=O)OCC(C)(C)C(=O)O. The van der Waals surface area contributed by atoms with Crippen LogP contribution in [0.4, 0.5) is 5.69 Å². The third kappa shape index (κ3) is 3.23. The Kier molecular flexibility index (Phi) is 3.96. The molecule has 1 rings (SSSR count). The largest absolute Gasteiger partial charge is 0.481 e. The molecule has 0 amide bonds. The number of rotatable bonds is 4. The highest BCUT2D eigenvalue weighted by atomic mass is 16.5. The molecule has 0 aliphatic carbocycles. The maximum atomic E-state index is 11.8. The summed E-state index contributed by atoms with van der Waals surface area (Å²) in [6, 6.07) is 4.92. The Morgan fingerprint density at radius 1 is 1.39 bits per heavy atom. The summed E-state index contributed by atoms with van der Waals surface area (Å²) >= 11 is 0. The molecule has 0 saturated carbocycles. The van der Waals surface area contributed by atoms with E-state index < -0.39 is 17.4 Å². The fourth-order valence-electron chi connectivity index (χ4n) is 1.24. The van der Waals surface area contributed by atoms with Crippen molar-refractivity contribution >= 4 is 17.6 Å². The zero-order chi connectivity index (χ0) is 13.9. The fourth-order valence-corrected chi connectivity index (χ4v) is 1.24. The van der Waals surface area contributed by atoms with Gasteiger partial charge in [-0.15, -0.1) is 0 Å². The molecule has 0 spiro atoms. The lowest BCUT2D eigenvalue weighted by Gasteiger charge is -2.19. The molecule has 0 saturated heterocycles. The number of nitrogen functional groups attached to an aromatic ring is 1. The van der Waals surface area contributed by atoms with Crippen LogP contribution in [0, 0.1) is 12.3 Å². The molecule has 5 heteroatoms. The van der Waals surface area contributed by atoms with Crippen LogP contribution in [0.3, 0.4) is 0 Å². The summed E-state index contributed by atoms with van der Waals surface area (Å²) in [5.41, 5.74) is 6.05. The highest BCUT2D eigenvalue weighted by Gasteiger charge is 2.29. The molecule has 98 valence electrons. The maximum absolute atomic E-state index is 11.8. The number of benzene rings is 1. The maximum Gasteiger partial charge on any atom is 0.338 e. The van der Waals surface area contributed by atoms with Crippen molar-refractivity contribution in [3.8, 4) is 0 Å². The molecule has 0 aromatic heterocycles. The number of anilines is 1. The van der Waals surface area contributed by atoms with Gasteiger partial charge < -0.3 is 15.6 Å². The van der Waals surface area contributed by atoms with Crippen molar-refractivity contribution in [2.45, 2.75) is 20.8 Å². The van der Waals surface area contributed by atoms with E-state index in [1.165, 1.54) is 19.9 Å². The normalized spacial score (nSPS) is 11.1. The third-order valence-corrected chi connectivity index (χ3v) is 2.62. The summed E-state index contributed by atoms with van der Waals surface area (Å²) in [6.07, 6.45) is 0. The Labute approximate surface area is 106 Å². The van der Waals surface area contributed by atoms with Crippen molar-refractivity contribution in [1.29, 1.82) is 0 Å². The van der Waals surface area contributed by atoms with E-state index >= 15 is 0 Å². The topological polar surface area (TPSA) is 89.6 Å². The highest BCUT2D eigenvalue weighted by molar-refractivity contribution is 5.92. The summed E-state index contributed by atoms with van der Waals surface area (Å²) in [7, 11) is 0. The van der Waals surface area contributed by atoms with E-state index in [1.54, 1.807) is 19.1 Å². The van der Waals surface area contributed by atoms with E-state index in [0.29, 0.717) is 11.3 Å². The summed E-state index contributed by atoms with van der Waals surface area (Å²) in [6.45, 7) is 4.57. The minimum absolute atomic E-state index is 0.185. The molecule has 0 unspecified atom stereocenters. The van der Waals surface area contributed by atoms with Crippen LogP contribution in [0.25, 0.3) is 0 Å². The molecule has 1 aromatic rings. The van der Waals surface area contributed by atoms with Gasteiger partial charge in [0, 0.05) is 5.69 Å². The molecule has 18 heavy (non-hydrogen) atoms. The smallest absolute Gasteiger partial charge is 0.338 e. The molecule has 0 heterocycles. The molecular formula is C13H17NO4. The Balaban J connectivity index is 2.78. The quantitative estimate of drug-likeness (QED) is 0.629. The van der Waals surface area contributed by atoms with Gasteiger partial charge in [0.25, 0.3) is 0 Å². The van der Waals surface area contributed by atoms with E-state index in [2.05, 4.69) is 0 Å². The number of ether oxygens (including phenoxy) is 1. The van der Waals surface area contributed by atoms with E-state index in [-0.39, 0.29) is 6.61 Å². The molecule has 3 N–H and O–H groups in total.